The largest absolute Gasteiger partial charge is 0.482 e. The first-order valence-corrected chi connectivity index (χ1v) is 9.78. The third kappa shape index (κ3) is 3.81. The zero-order valence-corrected chi connectivity index (χ0v) is 16.3. The third-order valence-electron chi connectivity index (χ3n) is 5.24. The van der Waals surface area contributed by atoms with Gasteiger partial charge in [-0.3, -0.25) is 19.3 Å². The Kier molecular flexibility index (Phi) is 5.20. The molecular weight excluding hydrogens is 370 g/mol. The van der Waals surface area contributed by atoms with Gasteiger partial charge in [-0.05, 0) is 35.7 Å². The van der Waals surface area contributed by atoms with Gasteiger partial charge in [0.1, 0.15) is 12.3 Å². The van der Waals surface area contributed by atoms with Crippen LogP contribution in [0.5, 0.6) is 5.75 Å². The van der Waals surface area contributed by atoms with Crippen molar-refractivity contribution >= 4 is 29.1 Å². The van der Waals surface area contributed by atoms with Crippen molar-refractivity contribution in [3.8, 4) is 5.75 Å². The second kappa shape index (κ2) is 7.95. The summed E-state index contributed by atoms with van der Waals surface area (Å²) in [6.45, 7) is 2.82. The van der Waals surface area contributed by atoms with Crippen LogP contribution >= 0.6 is 0 Å². The predicted molar refractivity (Wildman–Crippen MR) is 109 cm³/mol. The molecule has 0 atom stereocenters. The summed E-state index contributed by atoms with van der Waals surface area (Å²) in [5, 5.41) is 2.88. The van der Waals surface area contributed by atoms with Crippen molar-refractivity contribution in [2.75, 3.05) is 29.5 Å². The van der Waals surface area contributed by atoms with Gasteiger partial charge in [0.05, 0.1) is 5.69 Å². The first kappa shape index (κ1) is 19.0. The van der Waals surface area contributed by atoms with Gasteiger partial charge in [-0.25, -0.2) is 0 Å². The van der Waals surface area contributed by atoms with Crippen LogP contribution in [0.1, 0.15) is 24.5 Å². The van der Waals surface area contributed by atoms with Crippen molar-refractivity contribution in [1.29, 1.82) is 0 Å². The highest BCUT2D eigenvalue weighted by Crippen LogP contribution is 2.31. The van der Waals surface area contributed by atoms with E-state index in [4.69, 9.17) is 4.74 Å². The first-order valence-electron chi connectivity index (χ1n) is 9.78. The fraction of sp³-hybridized carbons (Fsp3) is 0.318. The van der Waals surface area contributed by atoms with Gasteiger partial charge in [-0.1, -0.05) is 31.2 Å². The van der Waals surface area contributed by atoms with E-state index in [1.807, 2.05) is 42.2 Å². The second-order valence-electron chi connectivity index (χ2n) is 7.13. The van der Waals surface area contributed by atoms with Gasteiger partial charge in [-0.2, -0.15) is 0 Å². The first-order chi connectivity index (χ1) is 14.1. The molecule has 0 aliphatic carbocycles. The monoisotopic (exact) mass is 393 g/mol. The number of nitrogens with one attached hydrogen (secondary N) is 1. The van der Waals surface area contributed by atoms with Crippen molar-refractivity contribution in [2.24, 2.45) is 0 Å². The molecular formula is C22H23N3O4. The molecule has 7 heteroatoms. The van der Waals surface area contributed by atoms with Crippen LogP contribution in [0.3, 0.4) is 0 Å². The summed E-state index contributed by atoms with van der Waals surface area (Å²) < 4.78 is 5.40. The molecule has 2 aliphatic heterocycles. The van der Waals surface area contributed by atoms with E-state index < -0.39 is 0 Å². The molecule has 0 spiro atoms. The number of benzene rings is 2. The predicted octanol–water partition coefficient (Wildman–Crippen LogP) is 2.03. The van der Waals surface area contributed by atoms with Crippen molar-refractivity contribution in [3.63, 3.8) is 0 Å². The van der Waals surface area contributed by atoms with Crippen LogP contribution in [0.25, 0.3) is 0 Å². The molecule has 0 saturated heterocycles. The highest BCUT2D eigenvalue weighted by molar-refractivity contribution is 6.02. The molecule has 0 aromatic heterocycles. The highest BCUT2D eigenvalue weighted by Gasteiger charge is 2.27. The number of hydrogen-bond donors (Lipinski definition) is 1. The van der Waals surface area contributed by atoms with Crippen LogP contribution in [0, 0.1) is 0 Å². The number of fused-ring (bicyclic) bond motifs is 2. The zero-order chi connectivity index (χ0) is 20.4. The highest BCUT2D eigenvalue weighted by atomic mass is 16.5. The Hall–Kier alpha value is -3.35. The molecule has 0 unspecified atom stereocenters. The summed E-state index contributed by atoms with van der Waals surface area (Å²) >= 11 is 0. The lowest BCUT2D eigenvalue weighted by molar-refractivity contribution is -0.125. The van der Waals surface area contributed by atoms with E-state index >= 15 is 0 Å². The minimum atomic E-state index is -0.239. The van der Waals surface area contributed by atoms with Gasteiger partial charge in [0.25, 0.3) is 5.91 Å². The molecule has 0 saturated carbocycles. The van der Waals surface area contributed by atoms with Crippen LogP contribution in [0.4, 0.5) is 11.4 Å². The van der Waals surface area contributed by atoms with Crippen molar-refractivity contribution < 1.29 is 19.1 Å². The van der Waals surface area contributed by atoms with E-state index in [1.54, 1.807) is 12.1 Å². The Morgan fingerprint density at radius 2 is 1.97 bits per heavy atom. The van der Waals surface area contributed by atoms with Crippen molar-refractivity contribution in [1.82, 2.24) is 5.32 Å². The molecule has 29 heavy (non-hydrogen) atoms. The van der Waals surface area contributed by atoms with Gasteiger partial charge in [0.2, 0.25) is 11.8 Å². The van der Waals surface area contributed by atoms with E-state index in [2.05, 4.69) is 5.32 Å². The molecule has 3 amide bonds. The summed E-state index contributed by atoms with van der Waals surface area (Å²) in [6.07, 6.45) is 1.31. The number of ether oxygens (including phenoxy) is 1. The number of para-hydroxylation sites is 2. The number of nitrogens with zero attached hydrogens (tertiary/aromatic N) is 2. The van der Waals surface area contributed by atoms with Gasteiger partial charge < -0.3 is 15.0 Å². The third-order valence-corrected chi connectivity index (χ3v) is 5.24. The molecule has 1 N–H and O–H groups in total. The molecule has 2 aliphatic rings. The van der Waals surface area contributed by atoms with Crippen LogP contribution in [-0.2, 0) is 27.3 Å². The number of amides is 3. The summed E-state index contributed by atoms with van der Waals surface area (Å²) in [7, 11) is 0. The van der Waals surface area contributed by atoms with Crippen LogP contribution in [0.15, 0.2) is 42.5 Å². The van der Waals surface area contributed by atoms with Crippen LogP contribution < -0.4 is 19.9 Å². The Bertz CT molecular complexity index is 972. The summed E-state index contributed by atoms with van der Waals surface area (Å²) in [5.41, 5.74) is 3.66. The number of rotatable bonds is 5. The maximum absolute atomic E-state index is 12.5. The molecule has 2 heterocycles. The maximum atomic E-state index is 12.5. The lowest BCUT2D eigenvalue weighted by atomic mass is 10.1. The van der Waals surface area contributed by atoms with Gasteiger partial charge in [-0.15, -0.1) is 0 Å². The van der Waals surface area contributed by atoms with Crippen molar-refractivity contribution in [3.05, 3.63) is 53.6 Å². The molecule has 150 valence electrons. The molecule has 0 radical (unpaired) electrons. The fourth-order valence-corrected chi connectivity index (χ4v) is 3.74. The Morgan fingerprint density at radius 3 is 2.79 bits per heavy atom. The minimum Gasteiger partial charge on any atom is -0.482 e. The summed E-state index contributed by atoms with van der Waals surface area (Å²) in [5.74, 6) is 0.250. The minimum absolute atomic E-state index is 0.0527. The lowest BCUT2D eigenvalue weighted by Crippen LogP contribution is -2.45. The molecule has 0 bridgehead atoms. The lowest BCUT2D eigenvalue weighted by Gasteiger charge is -2.28. The Morgan fingerprint density at radius 1 is 1.14 bits per heavy atom. The van der Waals surface area contributed by atoms with E-state index in [-0.39, 0.29) is 30.9 Å². The standard InChI is InChI=1S/C22H23N3O4/c1-2-21(27)24-10-9-16-11-15(7-8-17(16)24)12-23-20(26)13-25-18-5-3-4-6-19(18)29-14-22(25)28/h3-8,11H,2,9-10,12-14H2,1H3,(H,23,26). The Labute approximate surface area is 169 Å². The smallest absolute Gasteiger partial charge is 0.265 e. The fourth-order valence-electron chi connectivity index (χ4n) is 3.74. The average molecular weight is 393 g/mol. The zero-order valence-electron chi connectivity index (χ0n) is 16.3. The quantitative estimate of drug-likeness (QED) is 0.843. The summed E-state index contributed by atoms with van der Waals surface area (Å²) in [4.78, 5) is 39.9. The average Bonchev–Trinajstić information content (AvgIpc) is 3.17. The van der Waals surface area contributed by atoms with Gasteiger partial charge >= 0.3 is 0 Å². The number of carbonyl (C=O) groups excluding carboxylic acids is 3. The molecule has 7 nitrogen and oxygen atoms in total. The van der Waals surface area contributed by atoms with Gasteiger partial charge in [0.15, 0.2) is 6.61 Å². The van der Waals surface area contributed by atoms with Gasteiger partial charge in [0, 0.05) is 25.2 Å². The topological polar surface area (TPSA) is 79.0 Å². The number of hydrogen-bond acceptors (Lipinski definition) is 4. The summed E-state index contributed by atoms with van der Waals surface area (Å²) in [6, 6.07) is 13.1. The maximum Gasteiger partial charge on any atom is 0.265 e. The number of carbonyl (C=O) groups is 3. The normalized spacial score (nSPS) is 14.9. The Balaban J connectivity index is 1.39. The van der Waals surface area contributed by atoms with Crippen LogP contribution in [0.2, 0.25) is 0 Å². The van der Waals surface area contributed by atoms with E-state index in [9.17, 15) is 14.4 Å². The molecule has 2 aromatic rings. The van der Waals surface area contributed by atoms with E-state index in [0.717, 1.165) is 23.2 Å². The SMILES string of the molecule is CCC(=O)N1CCc2cc(CNC(=O)CN3C(=O)COc4ccccc43)ccc21. The van der Waals surface area contributed by atoms with E-state index in [0.29, 0.717) is 30.9 Å². The second-order valence-corrected chi connectivity index (χ2v) is 7.13. The van der Waals surface area contributed by atoms with Crippen molar-refractivity contribution in [2.45, 2.75) is 26.3 Å². The van der Waals surface area contributed by atoms with Crippen LogP contribution in [-0.4, -0.2) is 37.4 Å². The molecule has 0 fully saturated rings. The molecule has 2 aromatic carbocycles. The molecule has 4 rings (SSSR count). The van der Waals surface area contributed by atoms with E-state index in [1.165, 1.54) is 4.90 Å². The number of anilines is 2.